The highest BCUT2D eigenvalue weighted by atomic mass is 16.5. The number of amides is 2. The van der Waals surface area contributed by atoms with Gasteiger partial charge in [0.25, 0.3) is 11.8 Å². The van der Waals surface area contributed by atoms with Crippen molar-refractivity contribution in [2.24, 2.45) is 7.05 Å². The molecule has 2 atom stereocenters. The van der Waals surface area contributed by atoms with Crippen LogP contribution in [0.25, 0.3) is 0 Å². The van der Waals surface area contributed by atoms with Gasteiger partial charge in [-0.25, -0.2) is 0 Å². The standard InChI is InChI=1S/C27H31N5O6/c1-31-12-17(10-29-31)13-32-14-23-25(15-32)38-20-5-4-18(24(9-20)36-3)11-28-26(33)16-37-22-7-19(27(34)30-23)6-21(8-22)35-2/h4-10,12,23,25H,11,13-16H2,1-3H3,(H,28,33)(H,30,34)/t23-,25-/m0/s1. The molecule has 0 aliphatic carbocycles. The van der Waals surface area contributed by atoms with E-state index in [-0.39, 0.29) is 37.1 Å². The Labute approximate surface area is 220 Å². The number of carbonyl (C=O) groups excluding carboxylic acids is 2. The van der Waals surface area contributed by atoms with Gasteiger partial charge >= 0.3 is 0 Å². The second-order valence-electron chi connectivity index (χ2n) is 9.39. The van der Waals surface area contributed by atoms with Gasteiger partial charge in [0.05, 0.1) is 26.5 Å². The van der Waals surface area contributed by atoms with Gasteiger partial charge < -0.3 is 29.6 Å². The van der Waals surface area contributed by atoms with Gasteiger partial charge in [-0.15, -0.1) is 0 Å². The van der Waals surface area contributed by atoms with E-state index in [1.54, 1.807) is 36.1 Å². The van der Waals surface area contributed by atoms with Crippen LogP contribution >= 0.6 is 0 Å². The minimum Gasteiger partial charge on any atom is -0.497 e. The van der Waals surface area contributed by atoms with Crippen molar-refractivity contribution in [1.82, 2.24) is 25.3 Å². The predicted molar refractivity (Wildman–Crippen MR) is 137 cm³/mol. The lowest BCUT2D eigenvalue weighted by atomic mass is 10.1. The Bertz CT molecular complexity index is 1330. The monoisotopic (exact) mass is 521 g/mol. The van der Waals surface area contributed by atoms with Crippen LogP contribution in [-0.4, -0.2) is 72.6 Å². The van der Waals surface area contributed by atoms with Crippen LogP contribution in [0.5, 0.6) is 23.0 Å². The second kappa shape index (κ2) is 11.0. The number of benzene rings is 2. The third kappa shape index (κ3) is 5.83. The van der Waals surface area contributed by atoms with E-state index in [0.717, 1.165) is 11.1 Å². The zero-order valence-electron chi connectivity index (χ0n) is 21.6. The third-order valence-electron chi connectivity index (χ3n) is 6.59. The topological polar surface area (TPSA) is 116 Å². The number of likely N-dealkylation sites (tertiary alicyclic amines) is 1. The van der Waals surface area contributed by atoms with Crippen molar-refractivity contribution in [3.8, 4) is 23.0 Å². The van der Waals surface area contributed by atoms with Gasteiger partial charge in [-0.1, -0.05) is 0 Å². The number of aromatic nitrogens is 2. The lowest BCUT2D eigenvalue weighted by Crippen LogP contribution is -2.45. The number of nitrogens with zero attached hydrogens (tertiary/aromatic N) is 3. The maximum atomic E-state index is 13.4. The summed E-state index contributed by atoms with van der Waals surface area (Å²) in [5.41, 5.74) is 2.24. The molecule has 3 aliphatic rings. The lowest BCUT2D eigenvalue weighted by Gasteiger charge is -2.22. The van der Waals surface area contributed by atoms with Gasteiger partial charge in [-0.2, -0.15) is 5.10 Å². The van der Waals surface area contributed by atoms with Crippen LogP contribution in [0.3, 0.4) is 0 Å². The Hall–Kier alpha value is -4.25. The molecule has 2 N–H and O–H groups in total. The van der Waals surface area contributed by atoms with Crippen molar-refractivity contribution in [3.63, 3.8) is 0 Å². The molecule has 3 aliphatic heterocycles. The van der Waals surface area contributed by atoms with Crippen LogP contribution in [0.1, 0.15) is 21.5 Å². The van der Waals surface area contributed by atoms with E-state index in [1.807, 2.05) is 31.6 Å². The molecule has 0 radical (unpaired) electrons. The molecule has 0 spiro atoms. The van der Waals surface area contributed by atoms with Gasteiger partial charge in [0.1, 0.15) is 29.1 Å². The molecular formula is C27H31N5O6. The van der Waals surface area contributed by atoms with Crippen molar-refractivity contribution in [3.05, 3.63) is 65.5 Å². The zero-order chi connectivity index (χ0) is 26.6. The first-order chi connectivity index (χ1) is 18.4. The summed E-state index contributed by atoms with van der Waals surface area (Å²) >= 11 is 0. The molecule has 1 saturated heterocycles. The van der Waals surface area contributed by atoms with E-state index in [9.17, 15) is 9.59 Å². The molecule has 1 aromatic heterocycles. The van der Waals surface area contributed by atoms with Gasteiger partial charge in [0.2, 0.25) is 0 Å². The highest BCUT2D eigenvalue weighted by Crippen LogP contribution is 2.28. The molecule has 4 heterocycles. The summed E-state index contributed by atoms with van der Waals surface area (Å²) in [5, 5.41) is 10.2. The largest absolute Gasteiger partial charge is 0.497 e. The smallest absolute Gasteiger partial charge is 0.258 e. The second-order valence-corrected chi connectivity index (χ2v) is 9.39. The summed E-state index contributed by atoms with van der Waals surface area (Å²) < 4.78 is 24.8. The summed E-state index contributed by atoms with van der Waals surface area (Å²) in [4.78, 5) is 28.0. The van der Waals surface area contributed by atoms with Crippen LogP contribution in [0, 0.1) is 0 Å². The Morgan fingerprint density at radius 2 is 1.95 bits per heavy atom. The molecule has 2 amide bonds. The molecule has 6 rings (SSSR count). The molecule has 2 aromatic carbocycles. The first kappa shape index (κ1) is 25.4. The van der Waals surface area contributed by atoms with Crippen LogP contribution in [0.4, 0.5) is 0 Å². The highest BCUT2D eigenvalue weighted by molar-refractivity contribution is 5.95. The molecule has 1 fully saturated rings. The minimum atomic E-state index is -0.317. The first-order valence-electron chi connectivity index (χ1n) is 12.3. The van der Waals surface area contributed by atoms with Crippen molar-refractivity contribution in [2.45, 2.75) is 25.2 Å². The number of aryl methyl sites for hydroxylation is 1. The number of ether oxygens (including phenoxy) is 4. The molecular weight excluding hydrogens is 490 g/mol. The van der Waals surface area contributed by atoms with Crippen LogP contribution in [0.15, 0.2) is 48.8 Å². The number of hydrogen-bond donors (Lipinski definition) is 2. The summed E-state index contributed by atoms with van der Waals surface area (Å²) in [5.74, 6) is 1.40. The number of methoxy groups -OCH3 is 2. The van der Waals surface area contributed by atoms with Crippen molar-refractivity contribution in [1.29, 1.82) is 0 Å². The summed E-state index contributed by atoms with van der Waals surface area (Å²) in [6.07, 6.45) is 3.50. The lowest BCUT2D eigenvalue weighted by molar-refractivity contribution is -0.123. The van der Waals surface area contributed by atoms with Crippen molar-refractivity contribution in [2.75, 3.05) is 33.9 Å². The number of nitrogens with one attached hydrogen (secondary N) is 2. The van der Waals surface area contributed by atoms with Crippen LogP contribution in [-0.2, 0) is 24.9 Å². The summed E-state index contributed by atoms with van der Waals surface area (Å²) in [7, 11) is 4.97. The molecule has 200 valence electrons. The van der Waals surface area contributed by atoms with E-state index >= 15 is 0 Å². The van der Waals surface area contributed by atoms with Crippen molar-refractivity contribution < 1.29 is 28.5 Å². The maximum Gasteiger partial charge on any atom is 0.258 e. The zero-order valence-corrected chi connectivity index (χ0v) is 21.6. The van der Waals surface area contributed by atoms with Gasteiger partial charge in [-0.3, -0.25) is 19.2 Å². The fraction of sp³-hybridized carbons (Fsp3) is 0.370. The van der Waals surface area contributed by atoms with E-state index in [4.69, 9.17) is 18.9 Å². The average Bonchev–Trinajstić information content (AvgIpc) is 3.50. The van der Waals surface area contributed by atoms with Crippen LogP contribution < -0.4 is 29.6 Å². The molecule has 11 nitrogen and oxygen atoms in total. The van der Waals surface area contributed by atoms with E-state index in [1.165, 1.54) is 7.11 Å². The van der Waals surface area contributed by atoms with Crippen LogP contribution in [0.2, 0.25) is 0 Å². The Morgan fingerprint density at radius 3 is 2.71 bits per heavy atom. The van der Waals surface area contributed by atoms with Gasteiger partial charge in [0.15, 0.2) is 6.61 Å². The quantitative estimate of drug-likeness (QED) is 0.531. The number of rotatable bonds is 4. The number of hydrogen-bond acceptors (Lipinski definition) is 8. The molecule has 38 heavy (non-hydrogen) atoms. The fourth-order valence-corrected chi connectivity index (χ4v) is 4.72. The summed E-state index contributed by atoms with van der Waals surface area (Å²) in [6, 6.07) is 10.1. The van der Waals surface area contributed by atoms with E-state index < -0.39 is 0 Å². The van der Waals surface area contributed by atoms with E-state index in [2.05, 4.69) is 20.6 Å². The Morgan fingerprint density at radius 1 is 1.08 bits per heavy atom. The Balaban J connectivity index is 1.46. The first-order valence-corrected chi connectivity index (χ1v) is 12.3. The minimum absolute atomic E-state index is 0.217. The molecule has 0 saturated carbocycles. The molecule has 3 aromatic rings. The van der Waals surface area contributed by atoms with Crippen molar-refractivity contribution >= 4 is 11.8 Å². The molecule has 11 heteroatoms. The SMILES string of the molecule is COc1cc2cc(c1)C(=O)N[C@H]1CN(Cc3cnn(C)c3)C[C@@H]1Oc1ccc(c(OC)c1)CNC(=O)CO2. The third-order valence-corrected chi connectivity index (χ3v) is 6.59. The van der Waals surface area contributed by atoms with Gasteiger partial charge in [0, 0.05) is 68.2 Å². The predicted octanol–water partition coefficient (Wildman–Crippen LogP) is 1.51. The number of carbonyl (C=O) groups is 2. The average molecular weight is 522 g/mol. The molecule has 4 bridgehead atoms. The highest BCUT2D eigenvalue weighted by Gasteiger charge is 2.36. The Kier molecular flexibility index (Phi) is 7.36. The molecule has 0 unspecified atom stereocenters. The number of fused-ring (bicyclic) bond motifs is 7. The fourth-order valence-electron chi connectivity index (χ4n) is 4.72. The van der Waals surface area contributed by atoms with Gasteiger partial charge in [-0.05, 0) is 24.3 Å². The maximum absolute atomic E-state index is 13.4. The van der Waals surface area contributed by atoms with E-state index in [0.29, 0.717) is 48.2 Å². The normalized spacial score (nSPS) is 20.0. The summed E-state index contributed by atoms with van der Waals surface area (Å²) in [6.45, 7) is 1.92.